The van der Waals surface area contributed by atoms with Crippen molar-refractivity contribution in [2.24, 2.45) is 0 Å². The van der Waals surface area contributed by atoms with Gasteiger partial charge in [0.15, 0.2) is 6.61 Å². The van der Waals surface area contributed by atoms with Crippen LogP contribution in [0.3, 0.4) is 0 Å². The maximum absolute atomic E-state index is 12.6. The minimum Gasteiger partial charge on any atom is -0.480 e. The number of halogens is 2. The lowest BCUT2D eigenvalue weighted by Gasteiger charge is -2.12. The van der Waals surface area contributed by atoms with Gasteiger partial charge in [0.1, 0.15) is 17.4 Å². The van der Waals surface area contributed by atoms with Crippen LogP contribution in [0, 0.1) is 32.3 Å². The predicted octanol–water partition coefficient (Wildman–Crippen LogP) is 5.00. The van der Waals surface area contributed by atoms with Crippen molar-refractivity contribution in [1.29, 1.82) is 5.26 Å². The molecule has 0 aliphatic heterocycles. The lowest BCUT2D eigenvalue weighted by Crippen LogP contribution is -2.15. The van der Waals surface area contributed by atoms with Crippen LogP contribution in [0.4, 0.5) is 5.69 Å². The number of hydrogen-bond acceptors (Lipinski definition) is 5. The van der Waals surface area contributed by atoms with Crippen molar-refractivity contribution in [2.75, 3.05) is 18.5 Å². The van der Waals surface area contributed by atoms with E-state index in [-0.39, 0.29) is 12.2 Å². The molecular weight excluding hydrogens is 610 g/mol. The van der Waals surface area contributed by atoms with Crippen molar-refractivity contribution < 1.29 is 19.1 Å². The largest absolute Gasteiger partial charge is 0.480 e. The third-order valence-electron chi connectivity index (χ3n) is 4.19. The van der Waals surface area contributed by atoms with Crippen molar-refractivity contribution in [3.05, 3.63) is 59.7 Å². The molecule has 1 N–H and O–H groups in total. The normalized spacial score (nSPS) is 10.9. The topological polar surface area (TPSA) is 88.4 Å². The second-order valence-electron chi connectivity index (χ2n) is 6.28. The molecule has 0 fully saturated rings. The van der Waals surface area contributed by atoms with Gasteiger partial charge in [-0.2, -0.15) is 5.26 Å². The van der Waals surface area contributed by atoms with Gasteiger partial charge in [-0.15, -0.1) is 0 Å². The molecule has 0 unspecified atom stereocenters. The number of esters is 1. The molecule has 0 radical (unpaired) electrons. The zero-order valence-electron chi connectivity index (χ0n) is 16.7. The first kappa shape index (κ1) is 24.1. The number of ether oxygens (including phenoxy) is 2. The van der Waals surface area contributed by atoms with Gasteiger partial charge in [0, 0.05) is 5.69 Å². The fourth-order valence-electron chi connectivity index (χ4n) is 2.53. The Morgan fingerprint density at radius 2 is 1.87 bits per heavy atom. The molecule has 0 heterocycles. The maximum atomic E-state index is 12.6. The summed E-state index contributed by atoms with van der Waals surface area (Å²) >= 11 is 4.18. The summed E-state index contributed by atoms with van der Waals surface area (Å²) in [6.45, 7) is 5.72. The van der Waals surface area contributed by atoms with E-state index in [0.29, 0.717) is 23.6 Å². The van der Waals surface area contributed by atoms with Crippen LogP contribution in [0.5, 0.6) is 5.75 Å². The minimum atomic E-state index is -0.473. The molecule has 0 aliphatic carbocycles. The average molecular weight is 630 g/mol. The first-order chi connectivity index (χ1) is 14.3. The maximum Gasteiger partial charge on any atom is 0.344 e. The number of nitrogens with one attached hydrogen (secondary N) is 1. The molecule has 0 atom stereocenters. The van der Waals surface area contributed by atoms with E-state index in [9.17, 15) is 14.9 Å². The van der Waals surface area contributed by atoms with Gasteiger partial charge < -0.3 is 14.8 Å². The summed E-state index contributed by atoms with van der Waals surface area (Å²) in [4.78, 5) is 24.1. The standard InChI is InChI=1S/C22H20I2N2O4/c1-4-29-20(27)12-30-21-17(23)9-15(10-18(21)24)8-16(11-25)22(28)26-19-7-5-6-13(2)14(19)3/h5-10H,4,12H2,1-3H3,(H,26,28)/b16-8+. The van der Waals surface area contributed by atoms with Crippen LogP contribution >= 0.6 is 45.2 Å². The van der Waals surface area contributed by atoms with Crippen LogP contribution in [-0.2, 0) is 14.3 Å². The third-order valence-corrected chi connectivity index (χ3v) is 5.79. The van der Waals surface area contributed by atoms with E-state index in [4.69, 9.17) is 9.47 Å². The number of aryl methyl sites for hydroxylation is 1. The van der Waals surface area contributed by atoms with Gasteiger partial charge >= 0.3 is 5.97 Å². The second-order valence-corrected chi connectivity index (χ2v) is 8.60. The Morgan fingerprint density at radius 3 is 2.47 bits per heavy atom. The van der Waals surface area contributed by atoms with Crippen LogP contribution in [0.15, 0.2) is 35.9 Å². The van der Waals surface area contributed by atoms with E-state index in [1.807, 2.05) is 32.0 Å². The first-order valence-electron chi connectivity index (χ1n) is 9.03. The number of rotatable bonds is 7. The van der Waals surface area contributed by atoms with Crippen LogP contribution in [0.25, 0.3) is 6.08 Å². The van der Waals surface area contributed by atoms with E-state index >= 15 is 0 Å². The highest BCUT2D eigenvalue weighted by Gasteiger charge is 2.14. The number of benzene rings is 2. The molecule has 1 amide bonds. The van der Waals surface area contributed by atoms with Gasteiger partial charge in [-0.25, -0.2) is 4.79 Å². The number of anilines is 1. The first-order valence-corrected chi connectivity index (χ1v) is 11.2. The fourth-order valence-corrected chi connectivity index (χ4v) is 4.65. The molecule has 2 aromatic carbocycles. The molecule has 2 aromatic rings. The monoisotopic (exact) mass is 630 g/mol. The average Bonchev–Trinajstić information content (AvgIpc) is 2.69. The van der Waals surface area contributed by atoms with Gasteiger partial charge in [-0.05, 0) is 107 Å². The van der Waals surface area contributed by atoms with Crippen molar-refractivity contribution in [1.82, 2.24) is 0 Å². The lowest BCUT2D eigenvalue weighted by molar-refractivity contribution is -0.145. The molecule has 0 aromatic heterocycles. The summed E-state index contributed by atoms with van der Waals surface area (Å²) in [5.74, 6) is -0.360. The summed E-state index contributed by atoms with van der Waals surface area (Å²) in [6, 6.07) is 11.1. The van der Waals surface area contributed by atoms with Gasteiger partial charge in [0.05, 0.1) is 13.7 Å². The lowest BCUT2D eigenvalue weighted by atomic mass is 10.1. The van der Waals surface area contributed by atoms with E-state index in [0.717, 1.165) is 18.3 Å². The molecular formula is C22H20I2N2O4. The van der Waals surface area contributed by atoms with E-state index < -0.39 is 11.9 Å². The zero-order valence-corrected chi connectivity index (χ0v) is 21.0. The van der Waals surface area contributed by atoms with Crippen molar-refractivity contribution in [3.8, 4) is 11.8 Å². The number of carbonyl (C=O) groups excluding carboxylic acids is 2. The van der Waals surface area contributed by atoms with Gasteiger partial charge in [-0.1, -0.05) is 12.1 Å². The summed E-state index contributed by atoms with van der Waals surface area (Å²) in [5, 5.41) is 12.3. The summed E-state index contributed by atoms with van der Waals surface area (Å²) in [6.07, 6.45) is 1.53. The molecule has 0 aliphatic rings. The Bertz CT molecular complexity index is 1020. The van der Waals surface area contributed by atoms with Gasteiger partial charge in [0.25, 0.3) is 5.91 Å². The molecule has 6 nitrogen and oxygen atoms in total. The summed E-state index contributed by atoms with van der Waals surface area (Å²) in [5.41, 5.74) is 3.35. The Labute approximate surface area is 202 Å². The fraction of sp³-hybridized carbons (Fsp3) is 0.227. The third kappa shape index (κ3) is 6.43. The Morgan fingerprint density at radius 1 is 1.20 bits per heavy atom. The molecule has 0 spiro atoms. The minimum absolute atomic E-state index is 0.0114. The number of hydrogen-bond donors (Lipinski definition) is 1. The Kier molecular flexibility index (Phi) is 9.10. The smallest absolute Gasteiger partial charge is 0.344 e. The summed E-state index contributed by atoms with van der Waals surface area (Å²) < 4.78 is 11.9. The van der Waals surface area contributed by atoms with Crippen LogP contribution in [-0.4, -0.2) is 25.1 Å². The van der Waals surface area contributed by atoms with Crippen LogP contribution in [0.1, 0.15) is 23.6 Å². The SMILES string of the molecule is CCOC(=O)COc1c(I)cc(/C=C(\C#N)C(=O)Nc2cccc(C)c2C)cc1I. The number of nitriles is 1. The van der Waals surface area contributed by atoms with Crippen molar-refractivity contribution in [3.63, 3.8) is 0 Å². The quantitative estimate of drug-likeness (QED) is 0.202. The van der Waals surface area contributed by atoms with E-state index in [2.05, 4.69) is 50.5 Å². The van der Waals surface area contributed by atoms with Gasteiger partial charge in [0.2, 0.25) is 0 Å². The number of carbonyl (C=O) groups is 2. The van der Waals surface area contributed by atoms with E-state index in [1.54, 1.807) is 25.1 Å². The molecule has 156 valence electrons. The molecule has 2 rings (SSSR count). The zero-order chi connectivity index (χ0) is 22.3. The molecule has 0 bridgehead atoms. The molecule has 0 saturated carbocycles. The molecule has 0 saturated heterocycles. The van der Waals surface area contributed by atoms with Crippen LogP contribution in [0.2, 0.25) is 0 Å². The van der Waals surface area contributed by atoms with Crippen LogP contribution < -0.4 is 10.1 Å². The van der Waals surface area contributed by atoms with Crippen molar-refractivity contribution in [2.45, 2.75) is 20.8 Å². The summed E-state index contributed by atoms with van der Waals surface area (Å²) in [7, 11) is 0. The predicted molar refractivity (Wildman–Crippen MR) is 132 cm³/mol. The Balaban J connectivity index is 2.22. The van der Waals surface area contributed by atoms with E-state index in [1.165, 1.54) is 6.08 Å². The highest BCUT2D eigenvalue weighted by molar-refractivity contribution is 14.1. The van der Waals surface area contributed by atoms with Crippen molar-refractivity contribution >= 4 is 68.8 Å². The molecule has 8 heteroatoms. The second kappa shape index (κ2) is 11.3. The molecule has 30 heavy (non-hydrogen) atoms. The Hall–Kier alpha value is -2.13. The number of nitrogens with zero attached hydrogens (tertiary/aromatic N) is 1. The van der Waals surface area contributed by atoms with Gasteiger partial charge in [-0.3, -0.25) is 4.79 Å². The highest BCUT2D eigenvalue weighted by Crippen LogP contribution is 2.30. The number of amides is 1. The highest BCUT2D eigenvalue weighted by atomic mass is 127.